The zero-order chi connectivity index (χ0) is 9.43. The molecular weight excluding hydrogens is 170 g/mol. The lowest BCUT2D eigenvalue weighted by Crippen LogP contribution is -2.44. The highest BCUT2D eigenvalue weighted by molar-refractivity contribution is 5.38. The second kappa shape index (κ2) is 3.09. The number of rotatable bonds is 0. The summed E-state index contributed by atoms with van der Waals surface area (Å²) in [5.74, 6) is 0. The van der Waals surface area contributed by atoms with Gasteiger partial charge in [-0.05, 0) is 43.4 Å². The molecule has 0 radical (unpaired) electrons. The number of piperidine rings is 1. The van der Waals surface area contributed by atoms with E-state index in [9.17, 15) is 0 Å². The minimum atomic E-state index is 0.356. The van der Waals surface area contributed by atoms with Gasteiger partial charge in [-0.1, -0.05) is 30.7 Å². The van der Waals surface area contributed by atoms with Crippen LogP contribution in [0, 0.1) is 0 Å². The molecule has 1 saturated heterocycles. The summed E-state index contributed by atoms with van der Waals surface area (Å²) in [6, 6.07) is 8.96. The second-order valence-corrected chi connectivity index (χ2v) is 4.62. The van der Waals surface area contributed by atoms with E-state index in [-0.39, 0.29) is 0 Å². The molecule has 1 aromatic carbocycles. The zero-order valence-electron chi connectivity index (χ0n) is 8.55. The number of hydrogen-bond donors (Lipinski definition) is 1. The van der Waals surface area contributed by atoms with Gasteiger partial charge in [0.05, 0.1) is 0 Å². The van der Waals surface area contributed by atoms with E-state index in [2.05, 4.69) is 29.6 Å². The van der Waals surface area contributed by atoms with Crippen molar-refractivity contribution in [1.82, 2.24) is 5.32 Å². The van der Waals surface area contributed by atoms with Crippen molar-refractivity contribution in [2.75, 3.05) is 6.54 Å². The van der Waals surface area contributed by atoms with Crippen LogP contribution in [0.3, 0.4) is 0 Å². The van der Waals surface area contributed by atoms with Crippen LogP contribution in [0.2, 0.25) is 0 Å². The van der Waals surface area contributed by atoms with E-state index in [0.29, 0.717) is 5.54 Å². The van der Waals surface area contributed by atoms with E-state index in [1.807, 2.05) is 0 Å². The van der Waals surface area contributed by atoms with Gasteiger partial charge in [0.2, 0.25) is 0 Å². The number of hydrogen-bond acceptors (Lipinski definition) is 1. The predicted molar refractivity (Wildman–Crippen MR) is 58.3 cm³/mol. The summed E-state index contributed by atoms with van der Waals surface area (Å²) < 4.78 is 0. The normalized spacial score (nSPS) is 30.6. The van der Waals surface area contributed by atoms with Crippen molar-refractivity contribution in [1.29, 1.82) is 0 Å². The molecule has 3 rings (SSSR count). The molecule has 1 fully saturated rings. The maximum absolute atomic E-state index is 3.75. The van der Waals surface area contributed by atoms with Crippen LogP contribution in [-0.2, 0) is 12.0 Å². The molecule has 1 unspecified atom stereocenters. The first-order chi connectivity index (χ1) is 6.91. The fourth-order valence-electron chi connectivity index (χ4n) is 3.10. The minimum Gasteiger partial charge on any atom is -0.307 e. The van der Waals surface area contributed by atoms with Crippen LogP contribution < -0.4 is 5.32 Å². The summed E-state index contributed by atoms with van der Waals surface area (Å²) in [5, 5.41) is 3.75. The Morgan fingerprint density at radius 3 is 2.86 bits per heavy atom. The topological polar surface area (TPSA) is 12.0 Å². The molecule has 1 aliphatic heterocycles. The third kappa shape index (κ3) is 1.12. The molecule has 1 aromatic rings. The highest BCUT2D eigenvalue weighted by Gasteiger charge is 2.38. The molecule has 14 heavy (non-hydrogen) atoms. The number of nitrogens with one attached hydrogen (secondary N) is 1. The molecule has 74 valence electrons. The van der Waals surface area contributed by atoms with Crippen molar-refractivity contribution in [2.24, 2.45) is 0 Å². The quantitative estimate of drug-likeness (QED) is 0.658. The standard InChI is InChI=1S/C13H17N/c1-2-6-12-11(5-1)7-9-13(12)8-3-4-10-14-13/h1-2,5-6,14H,3-4,7-10H2. The van der Waals surface area contributed by atoms with E-state index in [4.69, 9.17) is 0 Å². The summed E-state index contributed by atoms with van der Waals surface area (Å²) >= 11 is 0. The molecule has 1 heterocycles. The summed E-state index contributed by atoms with van der Waals surface area (Å²) in [7, 11) is 0. The molecule has 1 spiro atoms. The largest absolute Gasteiger partial charge is 0.307 e. The van der Waals surface area contributed by atoms with E-state index in [1.54, 1.807) is 11.1 Å². The molecule has 1 aliphatic carbocycles. The minimum absolute atomic E-state index is 0.356. The molecule has 1 N–H and O–H groups in total. The van der Waals surface area contributed by atoms with E-state index < -0.39 is 0 Å². The van der Waals surface area contributed by atoms with Crippen LogP contribution in [0.4, 0.5) is 0 Å². The monoisotopic (exact) mass is 187 g/mol. The SMILES string of the molecule is c1ccc2c(c1)CCC21CCCCN1. The molecular formula is C13H17N. The van der Waals surface area contributed by atoms with Crippen LogP contribution in [0.15, 0.2) is 24.3 Å². The van der Waals surface area contributed by atoms with Gasteiger partial charge in [0.15, 0.2) is 0 Å². The van der Waals surface area contributed by atoms with Gasteiger partial charge in [0.25, 0.3) is 0 Å². The predicted octanol–water partition coefficient (Wildman–Crippen LogP) is 2.60. The summed E-state index contributed by atoms with van der Waals surface area (Å²) in [6.45, 7) is 1.20. The average Bonchev–Trinajstić information content (AvgIpc) is 2.60. The maximum atomic E-state index is 3.75. The van der Waals surface area contributed by atoms with Crippen molar-refractivity contribution < 1.29 is 0 Å². The summed E-state index contributed by atoms with van der Waals surface area (Å²) in [4.78, 5) is 0. The third-order valence-corrected chi connectivity index (χ3v) is 3.85. The molecule has 2 aliphatic rings. The lowest BCUT2D eigenvalue weighted by atomic mass is 9.84. The zero-order valence-corrected chi connectivity index (χ0v) is 8.55. The number of aryl methyl sites for hydroxylation is 1. The number of fused-ring (bicyclic) bond motifs is 2. The summed E-state index contributed by atoms with van der Waals surface area (Å²) in [5.41, 5.74) is 3.51. The average molecular weight is 187 g/mol. The van der Waals surface area contributed by atoms with Crippen LogP contribution in [-0.4, -0.2) is 6.54 Å². The smallest absolute Gasteiger partial charge is 0.0440 e. The van der Waals surface area contributed by atoms with Crippen molar-refractivity contribution in [3.8, 4) is 0 Å². The van der Waals surface area contributed by atoms with Crippen LogP contribution in [0.1, 0.15) is 36.8 Å². The molecule has 0 amide bonds. The van der Waals surface area contributed by atoms with Crippen LogP contribution in [0.5, 0.6) is 0 Å². The first kappa shape index (κ1) is 8.49. The van der Waals surface area contributed by atoms with Crippen molar-refractivity contribution in [2.45, 2.75) is 37.6 Å². The maximum Gasteiger partial charge on any atom is 0.0440 e. The molecule has 1 nitrogen and oxygen atoms in total. The van der Waals surface area contributed by atoms with Crippen molar-refractivity contribution >= 4 is 0 Å². The molecule has 1 atom stereocenters. The Morgan fingerprint density at radius 2 is 2.00 bits per heavy atom. The molecule has 0 aromatic heterocycles. The van der Waals surface area contributed by atoms with E-state index in [1.165, 1.54) is 38.6 Å². The Balaban J connectivity index is 2.03. The Kier molecular flexibility index (Phi) is 1.88. The number of benzene rings is 1. The molecule has 1 heteroatoms. The van der Waals surface area contributed by atoms with Crippen molar-refractivity contribution in [3.05, 3.63) is 35.4 Å². The van der Waals surface area contributed by atoms with Gasteiger partial charge in [-0.2, -0.15) is 0 Å². The van der Waals surface area contributed by atoms with Crippen LogP contribution in [0.25, 0.3) is 0 Å². The fourth-order valence-corrected chi connectivity index (χ4v) is 3.10. The van der Waals surface area contributed by atoms with Crippen LogP contribution >= 0.6 is 0 Å². The Bertz CT molecular complexity index is 331. The third-order valence-electron chi connectivity index (χ3n) is 3.85. The molecule has 0 saturated carbocycles. The lowest BCUT2D eigenvalue weighted by Gasteiger charge is -2.35. The van der Waals surface area contributed by atoms with Gasteiger partial charge in [0, 0.05) is 5.54 Å². The highest BCUT2D eigenvalue weighted by Crippen LogP contribution is 2.41. The first-order valence-electron chi connectivity index (χ1n) is 5.74. The van der Waals surface area contributed by atoms with Gasteiger partial charge < -0.3 is 5.32 Å². The van der Waals surface area contributed by atoms with Gasteiger partial charge in [0.1, 0.15) is 0 Å². The Hall–Kier alpha value is -0.820. The summed E-state index contributed by atoms with van der Waals surface area (Å²) in [6.07, 6.45) is 6.66. The lowest BCUT2D eigenvalue weighted by molar-refractivity contribution is 0.257. The van der Waals surface area contributed by atoms with Gasteiger partial charge in [-0.25, -0.2) is 0 Å². The van der Waals surface area contributed by atoms with Gasteiger partial charge in [-0.15, -0.1) is 0 Å². The first-order valence-corrected chi connectivity index (χ1v) is 5.74. The second-order valence-electron chi connectivity index (χ2n) is 4.62. The van der Waals surface area contributed by atoms with E-state index >= 15 is 0 Å². The van der Waals surface area contributed by atoms with Gasteiger partial charge in [-0.3, -0.25) is 0 Å². The Labute approximate surface area is 85.5 Å². The van der Waals surface area contributed by atoms with Crippen molar-refractivity contribution in [3.63, 3.8) is 0 Å². The van der Waals surface area contributed by atoms with Gasteiger partial charge >= 0.3 is 0 Å². The highest BCUT2D eigenvalue weighted by atomic mass is 15.0. The van der Waals surface area contributed by atoms with E-state index in [0.717, 1.165) is 0 Å². The fraction of sp³-hybridized carbons (Fsp3) is 0.538. The Morgan fingerprint density at radius 1 is 1.07 bits per heavy atom. The molecule has 0 bridgehead atoms.